The Kier molecular flexibility index (Phi) is 3.26. The van der Waals surface area contributed by atoms with Gasteiger partial charge in [0.05, 0.1) is 9.92 Å². The van der Waals surface area contributed by atoms with Gasteiger partial charge >= 0.3 is 0 Å². The molecular formula is C8H10ClNOS. The zero-order valence-electron chi connectivity index (χ0n) is 6.93. The minimum atomic E-state index is -1.20. The maximum Gasteiger partial charge on any atom is 0.126 e. The van der Waals surface area contributed by atoms with Gasteiger partial charge in [-0.1, -0.05) is 23.7 Å². The van der Waals surface area contributed by atoms with Crippen molar-refractivity contribution in [2.75, 3.05) is 7.05 Å². The Morgan fingerprint density at radius 2 is 2.17 bits per heavy atom. The molecule has 1 N–H and O–H groups in total. The van der Waals surface area contributed by atoms with E-state index in [1.54, 1.807) is 13.1 Å². The number of rotatable bonds is 2. The van der Waals surface area contributed by atoms with E-state index in [1.807, 2.05) is 19.1 Å². The second kappa shape index (κ2) is 4.03. The number of hydrogen-bond donors (Lipinski definition) is 1. The molecule has 0 spiro atoms. The molecule has 0 saturated heterocycles. The van der Waals surface area contributed by atoms with Crippen molar-refractivity contribution in [3.63, 3.8) is 0 Å². The molecule has 0 aliphatic rings. The van der Waals surface area contributed by atoms with E-state index in [0.29, 0.717) is 9.92 Å². The largest absolute Gasteiger partial charge is 0.237 e. The van der Waals surface area contributed by atoms with E-state index in [2.05, 4.69) is 4.72 Å². The van der Waals surface area contributed by atoms with Crippen LogP contribution in [0.1, 0.15) is 5.56 Å². The van der Waals surface area contributed by atoms with Crippen LogP contribution < -0.4 is 4.72 Å². The summed E-state index contributed by atoms with van der Waals surface area (Å²) in [6.07, 6.45) is 0. The first-order valence-corrected chi connectivity index (χ1v) is 5.04. The Balaban J connectivity index is 3.21. The molecule has 1 aromatic rings. The molecule has 0 amide bonds. The van der Waals surface area contributed by atoms with Crippen LogP contribution in [0.5, 0.6) is 0 Å². The topological polar surface area (TPSA) is 29.1 Å². The lowest BCUT2D eigenvalue weighted by atomic mass is 10.2. The molecule has 66 valence electrons. The summed E-state index contributed by atoms with van der Waals surface area (Å²) in [4.78, 5) is 0.668. The van der Waals surface area contributed by atoms with Crippen LogP contribution in [0.4, 0.5) is 0 Å². The number of benzene rings is 1. The van der Waals surface area contributed by atoms with Gasteiger partial charge in [0, 0.05) is 0 Å². The maximum atomic E-state index is 11.4. The fourth-order valence-electron chi connectivity index (χ4n) is 0.953. The standard InChI is InChI=1S/C8H10ClNOS/c1-6-4-3-5-7(9)8(6)12(11)10-2/h3-5,10H,1-2H3. The highest BCUT2D eigenvalue weighted by atomic mass is 35.5. The monoisotopic (exact) mass is 203 g/mol. The predicted molar refractivity (Wildman–Crippen MR) is 51.7 cm³/mol. The third-order valence-corrected chi connectivity index (χ3v) is 3.25. The lowest BCUT2D eigenvalue weighted by Gasteiger charge is -2.05. The zero-order valence-corrected chi connectivity index (χ0v) is 8.50. The molecule has 4 heteroatoms. The van der Waals surface area contributed by atoms with Crippen molar-refractivity contribution in [2.24, 2.45) is 0 Å². The molecule has 0 saturated carbocycles. The highest BCUT2D eigenvalue weighted by molar-refractivity contribution is 7.83. The number of aryl methyl sites for hydroxylation is 1. The second-order valence-corrected chi connectivity index (χ2v) is 4.12. The Morgan fingerprint density at radius 3 is 2.67 bits per heavy atom. The summed E-state index contributed by atoms with van der Waals surface area (Å²) in [5, 5.41) is 0.544. The van der Waals surface area contributed by atoms with Crippen molar-refractivity contribution in [2.45, 2.75) is 11.8 Å². The van der Waals surface area contributed by atoms with Crippen LogP contribution in [0, 0.1) is 6.92 Å². The van der Waals surface area contributed by atoms with Crippen molar-refractivity contribution in [1.82, 2.24) is 4.72 Å². The molecule has 2 nitrogen and oxygen atoms in total. The number of nitrogens with one attached hydrogen (secondary N) is 1. The summed E-state index contributed by atoms with van der Waals surface area (Å²) in [5.41, 5.74) is 0.940. The van der Waals surface area contributed by atoms with E-state index in [4.69, 9.17) is 11.6 Å². The van der Waals surface area contributed by atoms with E-state index >= 15 is 0 Å². The fourth-order valence-corrected chi connectivity index (χ4v) is 2.20. The first-order chi connectivity index (χ1) is 5.66. The molecule has 0 heterocycles. The van der Waals surface area contributed by atoms with Crippen molar-refractivity contribution in [1.29, 1.82) is 0 Å². The first-order valence-electron chi connectivity index (χ1n) is 3.51. The molecule has 0 fully saturated rings. The molecule has 1 atom stereocenters. The molecular weight excluding hydrogens is 194 g/mol. The molecule has 0 radical (unpaired) electrons. The summed E-state index contributed by atoms with van der Waals surface area (Å²) in [6.45, 7) is 1.89. The average molecular weight is 204 g/mol. The van der Waals surface area contributed by atoms with Crippen molar-refractivity contribution in [3.05, 3.63) is 28.8 Å². The third kappa shape index (κ3) is 1.86. The summed E-state index contributed by atoms with van der Waals surface area (Å²) < 4.78 is 14.0. The SMILES string of the molecule is CNS(=O)c1c(C)cccc1Cl. The quantitative estimate of drug-likeness (QED) is 0.782. The number of halogens is 1. The lowest BCUT2D eigenvalue weighted by molar-refractivity contribution is 0.677. The van der Waals surface area contributed by atoms with Gasteiger partial charge in [0.2, 0.25) is 0 Å². The van der Waals surface area contributed by atoms with E-state index in [9.17, 15) is 4.21 Å². The summed E-state index contributed by atoms with van der Waals surface area (Å²) in [6, 6.07) is 5.46. The zero-order chi connectivity index (χ0) is 9.14. The normalized spacial score (nSPS) is 12.9. The molecule has 0 bridgehead atoms. The summed E-state index contributed by atoms with van der Waals surface area (Å²) in [7, 11) is 0.442. The van der Waals surface area contributed by atoms with Crippen molar-refractivity contribution >= 4 is 22.6 Å². The van der Waals surface area contributed by atoms with Crippen LogP contribution in [-0.4, -0.2) is 11.3 Å². The van der Waals surface area contributed by atoms with E-state index in [0.717, 1.165) is 5.56 Å². The summed E-state index contributed by atoms with van der Waals surface area (Å²) >= 11 is 5.87. The van der Waals surface area contributed by atoms with Gasteiger partial charge in [0.1, 0.15) is 11.0 Å². The van der Waals surface area contributed by atoms with E-state index in [-0.39, 0.29) is 0 Å². The van der Waals surface area contributed by atoms with Crippen molar-refractivity contribution in [3.8, 4) is 0 Å². The minimum Gasteiger partial charge on any atom is -0.237 e. The Hall–Kier alpha value is -0.380. The van der Waals surface area contributed by atoms with Gasteiger partial charge in [-0.25, -0.2) is 8.93 Å². The van der Waals surface area contributed by atoms with Gasteiger partial charge in [0.15, 0.2) is 0 Å². The molecule has 1 rings (SSSR count). The lowest BCUT2D eigenvalue weighted by Crippen LogP contribution is -2.12. The minimum absolute atomic E-state index is 0.544. The second-order valence-electron chi connectivity index (χ2n) is 2.36. The molecule has 1 unspecified atom stereocenters. The van der Waals surface area contributed by atoms with Gasteiger partial charge in [0.25, 0.3) is 0 Å². The fraction of sp³-hybridized carbons (Fsp3) is 0.250. The van der Waals surface area contributed by atoms with Gasteiger partial charge in [-0.05, 0) is 25.6 Å². The smallest absolute Gasteiger partial charge is 0.126 e. The molecule has 0 aliphatic heterocycles. The van der Waals surface area contributed by atoms with Crippen LogP contribution in [0.15, 0.2) is 23.1 Å². The highest BCUT2D eigenvalue weighted by Crippen LogP contribution is 2.21. The summed E-state index contributed by atoms with van der Waals surface area (Å²) in [5.74, 6) is 0. The van der Waals surface area contributed by atoms with Crippen LogP contribution in [0.2, 0.25) is 5.02 Å². The van der Waals surface area contributed by atoms with Gasteiger partial charge < -0.3 is 0 Å². The first kappa shape index (κ1) is 9.71. The molecule has 0 aromatic heterocycles. The Morgan fingerprint density at radius 1 is 1.50 bits per heavy atom. The molecule has 12 heavy (non-hydrogen) atoms. The van der Waals surface area contributed by atoms with E-state index < -0.39 is 11.0 Å². The average Bonchev–Trinajstić information content (AvgIpc) is 2.03. The maximum absolute atomic E-state index is 11.4. The van der Waals surface area contributed by atoms with Crippen LogP contribution in [-0.2, 0) is 11.0 Å². The van der Waals surface area contributed by atoms with Crippen molar-refractivity contribution < 1.29 is 4.21 Å². The Bertz CT molecular complexity index is 294. The molecule has 0 aliphatic carbocycles. The van der Waals surface area contributed by atoms with E-state index in [1.165, 1.54) is 0 Å². The van der Waals surface area contributed by atoms with Gasteiger partial charge in [-0.15, -0.1) is 0 Å². The Labute approximate surface area is 79.5 Å². The highest BCUT2D eigenvalue weighted by Gasteiger charge is 2.08. The molecule has 1 aromatic carbocycles. The number of hydrogen-bond acceptors (Lipinski definition) is 1. The van der Waals surface area contributed by atoms with Crippen LogP contribution in [0.3, 0.4) is 0 Å². The predicted octanol–water partition coefficient (Wildman–Crippen LogP) is 1.89. The van der Waals surface area contributed by atoms with Gasteiger partial charge in [-0.3, -0.25) is 0 Å². The van der Waals surface area contributed by atoms with Gasteiger partial charge in [-0.2, -0.15) is 0 Å². The van der Waals surface area contributed by atoms with Crippen LogP contribution in [0.25, 0.3) is 0 Å². The third-order valence-electron chi connectivity index (χ3n) is 1.53. The van der Waals surface area contributed by atoms with Crippen LogP contribution >= 0.6 is 11.6 Å².